The summed E-state index contributed by atoms with van der Waals surface area (Å²) < 4.78 is 5.39. The Morgan fingerprint density at radius 3 is 2.72 bits per heavy atom. The van der Waals surface area contributed by atoms with Gasteiger partial charge in [0.1, 0.15) is 22.7 Å². The van der Waals surface area contributed by atoms with Crippen LogP contribution in [-0.4, -0.2) is 46.5 Å². The van der Waals surface area contributed by atoms with Gasteiger partial charge in [-0.2, -0.15) is 0 Å². The second-order valence-electron chi connectivity index (χ2n) is 9.58. The zero-order chi connectivity index (χ0) is 24.9. The van der Waals surface area contributed by atoms with Gasteiger partial charge in [-0.15, -0.1) is 11.3 Å². The van der Waals surface area contributed by atoms with E-state index in [4.69, 9.17) is 4.52 Å². The molecule has 3 aromatic rings. The summed E-state index contributed by atoms with van der Waals surface area (Å²) in [5, 5.41) is 10.0. The maximum Gasteiger partial charge on any atom is 0.270 e. The number of hydrogen-bond acceptors (Lipinski definition) is 6. The first kappa shape index (κ1) is 24.4. The fourth-order valence-electron chi connectivity index (χ4n) is 5.04. The number of hydrogen-bond donors (Lipinski definition) is 1. The maximum absolute atomic E-state index is 13.4. The van der Waals surface area contributed by atoms with Gasteiger partial charge in [0.15, 0.2) is 0 Å². The van der Waals surface area contributed by atoms with Crippen molar-refractivity contribution in [3.63, 3.8) is 0 Å². The minimum atomic E-state index is -0.0992. The SMILES string of the molecule is Cc1onc(-c2ccccc2)c1C(=O)N1CCC(c2nc(C(=O)NCCC3=CCCCC3)cs2)CC1. The van der Waals surface area contributed by atoms with Gasteiger partial charge in [0, 0.05) is 36.5 Å². The number of allylic oxidation sites excluding steroid dienone is 1. The lowest BCUT2D eigenvalue weighted by Gasteiger charge is -2.31. The molecule has 0 bridgehead atoms. The molecule has 188 valence electrons. The van der Waals surface area contributed by atoms with Gasteiger partial charge in [-0.05, 0) is 51.9 Å². The minimum absolute atomic E-state index is 0.0432. The van der Waals surface area contributed by atoms with Crippen LogP contribution in [0.15, 0.2) is 51.9 Å². The normalized spacial score (nSPS) is 16.6. The van der Waals surface area contributed by atoms with Crippen molar-refractivity contribution in [1.82, 2.24) is 20.4 Å². The van der Waals surface area contributed by atoms with Crippen LogP contribution in [0.3, 0.4) is 0 Å². The number of amides is 2. The molecule has 2 aliphatic rings. The van der Waals surface area contributed by atoms with Gasteiger partial charge in [-0.3, -0.25) is 9.59 Å². The molecular formula is C28H32N4O3S. The molecule has 1 fully saturated rings. The molecule has 1 aliphatic heterocycles. The highest BCUT2D eigenvalue weighted by molar-refractivity contribution is 7.09. The molecule has 1 aromatic carbocycles. The number of aryl methyl sites for hydroxylation is 1. The van der Waals surface area contributed by atoms with E-state index in [0.29, 0.717) is 42.3 Å². The summed E-state index contributed by atoms with van der Waals surface area (Å²) in [6.07, 6.45) is 9.73. The highest BCUT2D eigenvalue weighted by Gasteiger charge is 2.30. The molecule has 2 amide bonds. The molecule has 3 heterocycles. The average molecular weight is 505 g/mol. The van der Waals surface area contributed by atoms with E-state index in [1.54, 1.807) is 18.3 Å². The van der Waals surface area contributed by atoms with Crippen molar-refractivity contribution in [2.75, 3.05) is 19.6 Å². The smallest absolute Gasteiger partial charge is 0.270 e. The zero-order valence-corrected chi connectivity index (χ0v) is 21.5. The number of nitrogens with zero attached hydrogens (tertiary/aromatic N) is 3. The topological polar surface area (TPSA) is 88.3 Å². The number of rotatable bonds is 7. The van der Waals surface area contributed by atoms with Crippen LogP contribution in [0.1, 0.15) is 82.5 Å². The number of likely N-dealkylation sites (tertiary alicyclic amines) is 1. The lowest BCUT2D eigenvalue weighted by molar-refractivity contribution is 0.0711. The van der Waals surface area contributed by atoms with Crippen molar-refractivity contribution in [3.8, 4) is 11.3 Å². The fourth-order valence-corrected chi connectivity index (χ4v) is 6.01. The van der Waals surface area contributed by atoms with E-state index in [1.807, 2.05) is 40.6 Å². The predicted octanol–water partition coefficient (Wildman–Crippen LogP) is 5.75. The van der Waals surface area contributed by atoms with Crippen molar-refractivity contribution >= 4 is 23.2 Å². The number of thiazole rings is 1. The second-order valence-corrected chi connectivity index (χ2v) is 10.5. The Bertz CT molecular complexity index is 1240. The third-order valence-electron chi connectivity index (χ3n) is 7.13. The largest absolute Gasteiger partial charge is 0.360 e. The molecule has 7 nitrogen and oxygen atoms in total. The number of benzene rings is 1. The summed E-state index contributed by atoms with van der Waals surface area (Å²) in [4.78, 5) is 32.5. The quantitative estimate of drug-likeness (QED) is 0.414. The van der Waals surface area contributed by atoms with E-state index < -0.39 is 0 Å². The van der Waals surface area contributed by atoms with Gasteiger partial charge < -0.3 is 14.7 Å². The first-order valence-corrected chi connectivity index (χ1v) is 13.7. The summed E-state index contributed by atoms with van der Waals surface area (Å²) >= 11 is 1.54. The summed E-state index contributed by atoms with van der Waals surface area (Å²) in [6, 6.07) is 9.66. The van der Waals surface area contributed by atoms with Crippen molar-refractivity contribution in [2.45, 2.75) is 57.8 Å². The van der Waals surface area contributed by atoms with Crippen LogP contribution in [0.4, 0.5) is 0 Å². The molecular weight excluding hydrogens is 472 g/mol. The van der Waals surface area contributed by atoms with Gasteiger partial charge >= 0.3 is 0 Å². The van der Waals surface area contributed by atoms with Crippen LogP contribution in [0.2, 0.25) is 0 Å². The van der Waals surface area contributed by atoms with Crippen LogP contribution < -0.4 is 5.32 Å². The molecule has 0 spiro atoms. The van der Waals surface area contributed by atoms with E-state index in [2.05, 4.69) is 21.5 Å². The molecule has 1 N–H and O–H groups in total. The van der Waals surface area contributed by atoms with Gasteiger partial charge in [0.05, 0.1) is 5.01 Å². The zero-order valence-electron chi connectivity index (χ0n) is 20.7. The van der Waals surface area contributed by atoms with Crippen molar-refractivity contribution in [3.05, 3.63) is 69.4 Å². The molecule has 0 atom stereocenters. The second kappa shape index (κ2) is 11.2. The first-order valence-electron chi connectivity index (χ1n) is 12.8. The predicted molar refractivity (Wildman–Crippen MR) is 140 cm³/mol. The Labute approximate surface area is 215 Å². The number of aromatic nitrogens is 2. The number of piperidine rings is 1. The van der Waals surface area contributed by atoms with Crippen molar-refractivity contribution in [2.24, 2.45) is 0 Å². The Morgan fingerprint density at radius 2 is 1.97 bits per heavy atom. The van der Waals surface area contributed by atoms with Gasteiger partial charge in [-0.25, -0.2) is 4.98 Å². The molecule has 0 radical (unpaired) electrons. The number of carbonyl (C=O) groups excluding carboxylic acids is 2. The first-order chi connectivity index (χ1) is 17.6. The average Bonchev–Trinajstić information content (AvgIpc) is 3.57. The number of nitrogens with one attached hydrogen (secondary N) is 1. The summed E-state index contributed by atoms with van der Waals surface area (Å²) in [6.45, 7) is 3.72. The van der Waals surface area contributed by atoms with Gasteiger partial charge in [-0.1, -0.05) is 47.1 Å². The van der Waals surface area contributed by atoms with Crippen molar-refractivity contribution < 1.29 is 14.1 Å². The summed E-state index contributed by atoms with van der Waals surface area (Å²) in [7, 11) is 0. The van der Waals surface area contributed by atoms with Crippen LogP contribution in [-0.2, 0) is 0 Å². The Kier molecular flexibility index (Phi) is 7.60. The van der Waals surface area contributed by atoms with Crippen molar-refractivity contribution in [1.29, 1.82) is 0 Å². The molecule has 0 saturated carbocycles. The van der Waals surface area contributed by atoms with Crippen LogP contribution in [0, 0.1) is 6.92 Å². The van der Waals surface area contributed by atoms with E-state index in [-0.39, 0.29) is 17.7 Å². The maximum atomic E-state index is 13.4. The highest BCUT2D eigenvalue weighted by atomic mass is 32.1. The Hall–Kier alpha value is -3.26. The van der Waals surface area contributed by atoms with E-state index in [9.17, 15) is 9.59 Å². The molecule has 8 heteroatoms. The lowest BCUT2D eigenvalue weighted by atomic mass is 9.96. The van der Waals surface area contributed by atoms with Gasteiger partial charge in [0.25, 0.3) is 11.8 Å². The molecule has 36 heavy (non-hydrogen) atoms. The molecule has 1 aliphatic carbocycles. The third kappa shape index (κ3) is 5.43. The molecule has 5 rings (SSSR count). The Morgan fingerprint density at radius 1 is 1.17 bits per heavy atom. The van der Waals surface area contributed by atoms with Gasteiger partial charge in [0.2, 0.25) is 0 Å². The Balaban J connectivity index is 1.16. The standard InChI is InChI=1S/C28H32N4O3S/c1-19-24(25(31-35-19)21-10-6-3-7-11-21)28(34)32-16-13-22(14-17-32)27-30-23(18-36-27)26(33)29-15-12-20-8-4-2-5-9-20/h3,6-8,10-11,18,22H,2,4-5,9,12-17H2,1H3,(H,29,33). The highest BCUT2D eigenvalue weighted by Crippen LogP contribution is 2.33. The lowest BCUT2D eigenvalue weighted by Crippen LogP contribution is -2.38. The number of carbonyl (C=O) groups is 2. The van der Waals surface area contributed by atoms with E-state index in [1.165, 1.54) is 18.4 Å². The monoisotopic (exact) mass is 504 g/mol. The minimum Gasteiger partial charge on any atom is -0.360 e. The van der Waals surface area contributed by atoms with Crippen LogP contribution >= 0.6 is 11.3 Å². The summed E-state index contributed by atoms with van der Waals surface area (Å²) in [5.74, 6) is 0.651. The van der Waals surface area contributed by atoms with Crippen LogP contribution in [0.25, 0.3) is 11.3 Å². The fraction of sp³-hybridized carbons (Fsp3) is 0.429. The molecule has 1 saturated heterocycles. The third-order valence-corrected chi connectivity index (χ3v) is 8.13. The van der Waals surface area contributed by atoms with E-state index in [0.717, 1.165) is 42.7 Å². The van der Waals surface area contributed by atoms with E-state index >= 15 is 0 Å². The summed E-state index contributed by atoms with van der Waals surface area (Å²) in [5.41, 5.74) is 3.96. The molecule has 2 aromatic heterocycles. The molecule has 0 unspecified atom stereocenters. The van der Waals surface area contributed by atoms with Crippen LogP contribution in [0.5, 0.6) is 0 Å².